The molecule has 1 aliphatic heterocycles. The van der Waals surface area contributed by atoms with Crippen molar-refractivity contribution in [2.75, 3.05) is 37.7 Å². The molecule has 3 heterocycles. The van der Waals surface area contributed by atoms with E-state index in [1.54, 1.807) is 10.9 Å². The van der Waals surface area contributed by atoms with Crippen molar-refractivity contribution in [3.63, 3.8) is 0 Å². The van der Waals surface area contributed by atoms with E-state index in [2.05, 4.69) is 19.9 Å². The molecule has 4 rings (SSSR count). The van der Waals surface area contributed by atoms with Crippen LogP contribution in [0, 0.1) is 0 Å². The molecule has 1 N–H and O–H groups in total. The lowest BCUT2D eigenvalue weighted by molar-refractivity contribution is 0.0952. The van der Waals surface area contributed by atoms with Crippen molar-refractivity contribution in [3.8, 4) is 0 Å². The van der Waals surface area contributed by atoms with Crippen LogP contribution in [0.2, 0.25) is 0 Å². The second-order valence-electron chi connectivity index (χ2n) is 6.30. The minimum absolute atomic E-state index is 0.0994. The molecule has 136 valence electrons. The first-order chi connectivity index (χ1) is 12.7. The maximum atomic E-state index is 12.4. The van der Waals surface area contributed by atoms with Gasteiger partial charge in [-0.2, -0.15) is 5.10 Å². The average Bonchev–Trinajstić information content (AvgIpc) is 3.30. The first-order valence-electron chi connectivity index (χ1n) is 8.77. The quantitative estimate of drug-likeness (QED) is 0.741. The standard InChI is InChI=1S/C18H22N6O2/c1-22-16-4-3-14(17(25)19-6-8-24-7-2-5-20-24)13-15(16)21-18(22)23-9-11-26-12-10-23/h2-5,7,13H,6,8-12H2,1H3,(H,19,25). The van der Waals surface area contributed by atoms with E-state index in [1.807, 2.05) is 37.5 Å². The molecule has 1 amide bonds. The number of nitrogens with one attached hydrogen (secondary N) is 1. The number of nitrogens with zero attached hydrogens (tertiary/aromatic N) is 5. The van der Waals surface area contributed by atoms with Gasteiger partial charge in [0, 0.05) is 44.6 Å². The number of morpholine rings is 1. The van der Waals surface area contributed by atoms with Gasteiger partial charge in [0.15, 0.2) is 0 Å². The Hall–Kier alpha value is -2.87. The molecule has 1 aliphatic rings. The lowest BCUT2D eigenvalue weighted by Gasteiger charge is -2.27. The monoisotopic (exact) mass is 354 g/mol. The summed E-state index contributed by atoms with van der Waals surface area (Å²) in [6.45, 7) is 4.27. The number of fused-ring (bicyclic) bond motifs is 1. The summed E-state index contributed by atoms with van der Waals surface area (Å²) >= 11 is 0. The van der Waals surface area contributed by atoms with Crippen molar-refractivity contribution in [2.45, 2.75) is 6.54 Å². The van der Waals surface area contributed by atoms with E-state index in [9.17, 15) is 4.79 Å². The Kier molecular flexibility index (Phi) is 4.57. The molecular weight excluding hydrogens is 332 g/mol. The number of rotatable bonds is 5. The topological polar surface area (TPSA) is 77.2 Å². The van der Waals surface area contributed by atoms with E-state index in [4.69, 9.17) is 9.72 Å². The van der Waals surface area contributed by atoms with Crippen molar-refractivity contribution in [1.82, 2.24) is 24.6 Å². The molecule has 0 saturated carbocycles. The Balaban J connectivity index is 1.48. The zero-order chi connectivity index (χ0) is 17.9. The minimum atomic E-state index is -0.0994. The molecule has 0 bridgehead atoms. The first-order valence-corrected chi connectivity index (χ1v) is 8.77. The summed E-state index contributed by atoms with van der Waals surface area (Å²) in [6, 6.07) is 7.51. The van der Waals surface area contributed by atoms with Crippen LogP contribution in [0.3, 0.4) is 0 Å². The van der Waals surface area contributed by atoms with E-state index in [-0.39, 0.29) is 5.91 Å². The number of benzene rings is 1. The van der Waals surface area contributed by atoms with Gasteiger partial charge in [0.1, 0.15) is 0 Å². The maximum Gasteiger partial charge on any atom is 0.251 e. The summed E-state index contributed by atoms with van der Waals surface area (Å²) in [6.07, 6.45) is 3.60. The van der Waals surface area contributed by atoms with Gasteiger partial charge in [-0.05, 0) is 24.3 Å². The van der Waals surface area contributed by atoms with Crippen LogP contribution in [0.5, 0.6) is 0 Å². The number of amides is 1. The lowest BCUT2D eigenvalue weighted by atomic mass is 10.2. The molecule has 8 nitrogen and oxygen atoms in total. The minimum Gasteiger partial charge on any atom is -0.378 e. The highest BCUT2D eigenvalue weighted by Gasteiger charge is 2.18. The highest BCUT2D eigenvalue weighted by Crippen LogP contribution is 2.23. The van der Waals surface area contributed by atoms with E-state index in [0.29, 0.717) is 31.9 Å². The lowest BCUT2D eigenvalue weighted by Crippen LogP contribution is -2.37. The normalized spacial score (nSPS) is 14.7. The van der Waals surface area contributed by atoms with Gasteiger partial charge in [0.25, 0.3) is 5.91 Å². The van der Waals surface area contributed by atoms with E-state index in [0.717, 1.165) is 30.1 Å². The summed E-state index contributed by atoms with van der Waals surface area (Å²) < 4.78 is 9.27. The van der Waals surface area contributed by atoms with Crippen LogP contribution in [0.1, 0.15) is 10.4 Å². The Labute approximate surface area is 151 Å². The SMILES string of the molecule is Cn1c(N2CCOCC2)nc2cc(C(=O)NCCn3cccn3)ccc21. The van der Waals surface area contributed by atoms with Crippen LogP contribution >= 0.6 is 0 Å². The molecule has 1 saturated heterocycles. The fourth-order valence-electron chi connectivity index (χ4n) is 3.19. The van der Waals surface area contributed by atoms with Gasteiger partial charge in [-0.3, -0.25) is 9.48 Å². The fourth-order valence-corrected chi connectivity index (χ4v) is 3.19. The van der Waals surface area contributed by atoms with Crippen molar-refractivity contribution in [3.05, 3.63) is 42.2 Å². The largest absolute Gasteiger partial charge is 0.378 e. The van der Waals surface area contributed by atoms with Crippen LogP contribution in [0.15, 0.2) is 36.7 Å². The molecule has 3 aromatic rings. The predicted molar refractivity (Wildman–Crippen MR) is 98.3 cm³/mol. The van der Waals surface area contributed by atoms with Crippen LogP contribution < -0.4 is 10.2 Å². The number of hydrogen-bond acceptors (Lipinski definition) is 5. The molecular formula is C18H22N6O2. The second kappa shape index (κ2) is 7.17. The Morgan fingerprint density at radius 1 is 1.31 bits per heavy atom. The van der Waals surface area contributed by atoms with E-state index < -0.39 is 0 Å². The molecule has 26 heavy (non-hydrogen) atoms. The molecule has 8 heteroatoms. The van der Waals surface area contributed by atoms with Gasteiger partial charge in [0.05, 0.1) is 30.8 Å². The number of aromatic nitrogens is 4. The van der Waals surface area contributed by atoms with Gasteiger partial charge >= 0.3 is 0 Å². The van der Waals surface area contributed by atoms with Gasteiger partial charge < -0.3 is 19.5 Å². The number of aryl methyl sites for hydroxylation is 1. The zero-order valence-corrected chi connectivity index (χ0v) is 14.8. The number of hydrogen-bond donors (Lipinski definition) is 1. The molecule has 0 aliphatic carbocycles. The third kappa shape index (κ3) is 3.28. The number of anilines is 1. The molecule has 0 atom stereocenters. The smallest absolute Gasteiger partial charge is 0.251 e. The summed E-state index contributed by atoms with van der Waals surface area (Å²) in [5, 5.41) is 7.05. The van der Waals surface area contributed by atoms with Crippen LogP contribution in [0.25, 0.3) is 11.0 Å². The zero-order valence-electron chi connectivity index (χ0n) is 14.8. The predicted octanol–water partition coefficient (Wildman–Crippen LogP) is 1.04. The van der Waals surface area contributed by atoms with Crippen LogP contribution in [0.4, 0.5) is 5.95 Å². The number of ether oxygens (including phenoxy) is 1. The van der Waals surface area contributed by atoms with Gasteiger partial charge in [-0.25, -0.2) is 4.98 Å². The van der Waals surface area contributed by atoms with Crippen LogP contribution in [-0.4, -0.2) is 58.1 Å². The highest BCUT2D eigenvalue weighted by molar-refractivity contribution is 5.97. The van der Waals surface area contributed by atoms with Crippen molar-refractivity contribution in [1.29, 1.82) is 0 Å². The molecule has 2 aromatic heterocycles. The highest BCUT2D eigenvalue weighted by atomic mass is 16.5. The van der Waals surface area contributed by atoms with Gasteiger partial charge in [-0.15, -0.1) is 0 Å². The van der Waals surface area contributed by atoms with Crippen LogP contribution in [-0.2, 0) is 18.3 Å². The molecule has 1 aromatic carbocycles. The Morgan fingerprint density at radius 2 is 2.15 bits per heavy atom. The number of carbonyl (C=O) groups is 1. The Bertz CT molecular complexity index is 896. The molecule has 0 spiro atoms. The average molecular weight is 354 g/mol. The Morgan fingerprint density at radius 3 is 2.92 bits per heavy atom. The van der Waals surface area contributed by atoms with E-state index >= 15 is 0 Å². The molecule has 0 radical (unpaired) electrons. The van der Waals surface area contributed by atoms with Gasteiger partial charge in [-0.1, -0.05) is 0 Å². The number of carbonyl (C=O) groups excluding carboxylic acids is 1. The second-order valence-corrected chi connectivity index (χ2v) is 6.30. The van der Waals surface area contributed by atoms with Gasteiger partial charge in [0.2, 0.25) is 5.95 Å². The van der Waals surface area contributed by atoms with Crippen molar-refractivity contribution >= 4 is 22.9 Å². The summed E-state index contributed by atoms with van der Waals surface area (Å²) in [7, 11) is 2.00. The third-order valence-electron chi connectivity index (χ3n) is 4.60. The summed E-state index contributed by atoms with van der Waals surface area (Å²) in [5.74, 6) is 0.817. The van der Waals surface area contributed by atoms with Crippen molar-refractivity contribution in [2.24, 2.45) is 7.05 Å². The van der Waals surface area contributed by atoms with Crippen molar-refractivity contribution < 1.29 is 9.53 Å². The molecule has 0 unspecified atom stereocenters. The third-order valence-corrected chi connectivity index (χ3v) is 4.60. The number of imidazole rings is 1. The molecule has 1 fully saturated rings. The fraction of sp³-hybridized carbons (Fsp3) is 0.389. The van der Waals surface area contributed by atoms with E-state index in [1.165, 1.54) is 0 Å². The summed E-state index contributed by atoms with van der Waals surface area (Å²) in [4.78, 5) is 19.4. The maximum absolute atomic E-state index is 12.4. The first kappa shape index (κ1) is 16.6. The summed E-state index contributed by atoms with van der Waals surface area (Å²) in [5.41, 5.74) is 2.46.